The van der Waals surface area contributed by atoms with E-state index in [9.17, 15) is 0 Å². The molecule has 2 aromatic rings. The molecule has 2 aromatic heterocycles. The van der Waals surface area contributed by atoms with Crippen LogP contribution >= 0.6 is 22.7 Å². The van der Waals surface area contributed by atoms with E-state index in [2.05, 4.69) is 36.5 Å². The van der Waals surface area contributed by atoms with Crippen LogP contribution in [0.5, 0.6) is 0 Å². The number of rotatable bonds is 5. The summed E-state index contributed by atoms with van der Waals surface area (Å²) in [5, 5.41) is 9.82. The molecule has 0 saturated carbocycles. The lowest BCUT2D eigenvalue weighted by molar-refractivity contribution is 0.620. The number of hydrogen-bond donors (Lipinski definition) is 1. The van der Waals surface area contributed by atoms with Gasteiger partial charge in [-0.05, 0) is 12.5 Å². The van der Waals surface area contributed by atoms with Gasteiger partial charge in [0.05, 0.1) is 5.69 Å². The Hall–Kier alpha value is -0.780. The third-order valence-electron chi connectivity index (χ3n) is 2.48. The van der Waals surface area contributed by atoms with Gasteiger partial charge in [-0.15, -0.1) is 22.7 Å². The van der Waals surface area contributed by atoms with Crippen molar-refractivity contribution < 1.29 is 0 Å². The average molecular weight is 267 g/mol. The normalized spacial score (nSPS) is 13.2. The standard InChI is InChI=1S/C12H17N3S2/c1-4-13-10(11-14-5-6-16-11)12-15-9(7-17-12)8(2)3/h5-8,10,13H,4H2,1-3H3. The van der Waals surface area contributed by atoms with Crippen molar-refractivity contribution in [1.29, 1.82) is 0 Å². The van der Waals surface area contributed by atoms with Crippen LogP contribution < -0.4 is 5.32 Å². The summed E-state index contributed by atoms with van der Waals surface area (Å²) in [5.41, 5.74) is 1.17. The van der Waals surface area contributed by atoms with Crippen molar-refractivity contribution in [3.05, 3.63) is 32.7 Å². The van der Waals surface area contributed by atoms with E-state index in [1.54, 1.807) is 22.7 Å². The molecule has 17 heavy (non-hydrogen) atoms. The van der Waals surface area contributed by atoms with Crippen LogP contribution in [0.25, 0.3) is 0 Å². The number of nitrogens with zero attached hydrogens (tertiary/aromatic N) is 2. The van der Waals surface area contributed by atoms with Crippen molar-refractivity contribution >= 4 is 22.7 Å². The van der Waals surface area contributed by atoms with E-state index in [0.29, 0.717) is 5.92 Å². The average Bonchev–Trinajstić information content (AvgIpc) is 2.97. The molecular formula is C12H17N3S2. The van der Waals surface area contributed by atoms with Gasteiger partial charge >= 0.3 is 0 Å². The molecule has 0 fully saturated rings. The molecule has 0 aliphatic rings. The Labute approximate surface area is 110 Å². The minimum Gasteiger partial charge on any atom is -0.303 e. The molecule has 5 heteroatoms. The zero-order valence-electron chi connectivity index (χ0n) is 10.3. The topological polar surface area (TPSA) is 37.8 Å². The maximum atomic E-state index is 4.71. The fraction of sp³-hybridized carbons (Fsp3) is 0.500. The predicted molar refractivity (Wildman–Crippen MR) is 73.8 cm³/mol. The Balaban J connectivity index is 2.26. The molecule has 92 valence electrons. The summed E-state index contributed by atoms with van der Waals surface area (Å²) in [5.74, 6) is 0.485. The lowest BCUT2D eigenvalue weighted by Crippen LogP contribution is -2.21. The first-order chi connectivity index (χ1) is 8.22. The van der Waals surface area contributed by atoms with E-state index in [-0.39, 0.29) is 6.04 Å². The van der Waals surface area contributed by atoms with Gasteiger partial charge in [0.15, 0.2) is 0 Å². The molecule has 2 heterocycles. The second kappa shape index (κ2) is 5.71. The zero-order chi connectivity index (χ0) is 12.3. The number of thiazole rings is 2. The summed E-state index contributed by atoms with van der Waals surface area (Å²) in [6, 6.07) is 0.150. The summed E-state index contributed by atoms with van der Waals surface area (Å²) in [6.07, 6.45) is 1.85. The minimum absolute atomic E-state index is 0.150. The van der Waals surface area contributed by atoms with Gasteiger partial charge < -0.3 is 5.32 Å². The molecule has 3 nitrogen and oxygen atoms in total. The molecule has 1 atom stereocenters. The quantitative estimate of drug-likeness (QED) is 0.902. The SMILES string of the molecule is CCNC(c1nccs1)c1nc(C(C)C)cs1. The van der Waals surface area contributed by atoms with Gasteiger partial charge in [-0.25, -0.2) is 9.97 Å². The molecule has 0 spiro atoms. The zero-order valence-corrected chi connectivity index (χ0v) is 11.9. The first kappa shape index (κ1) is 12.7. The van der Waals surface area contributed by atoms with Gasteiger partial charge in [0.1, 0.15) is 16.1 Å². The van der Waals surface area contributed by atoms with Crippen molar-refractivity contribution in [2.75, 3.05) is 6.54 Å². The third kappa shape index (κ3) is 2.91. The summed E-state index contributed by atoms with van der Waals surface area (Å²) in [6.45, 7) is 7.37. The van der Waals surface area contributed by atoms with Crippen molar-refractivity contribution in [3.63, 3.8) is 0 Å². The minimum atomic E-state index is 0.150. The van der Waals surface area contributed by atoms with Crippen LogP contribution in [0.1, 0.15) is 48.4 Å². The Kier molecular flexibility index (Phi) is 4.25. The van der Waals surface area contributed by atoms with Gasteiger partial charge in [-0.2, -0.15) is 0 Å². The number of aromatic nitrogens is 2. The Morgan fingerprint density at radius 2 is 2.12 bits per heavy atom. The molecule has 2 rings (SSSR count). The predicted octanol–water partition coefficient (Wildman–Crippen LogP) is 3.42. The van der Waals surface area contributed by atoms with E-state index in [4.69, 9.17) is 4.98 Å². The summed E-state index contributed by atoms with van der Waals surface area (Å²) in [4.78, 5) is 9.10. The maximum Gasteiger partial charge on any atom is 0.117 e. The molecule has 0 aliphatic carbocycles. The molecule has 0 amide bonds. The van der Waals surface area contributed by atoms with Crippen LogP contribution in [0.3, 0.4) is 0 Å². The molecule has 0 aromatic carbocycles. The number of nitrogens with one attached hydrogen (secondary N) is 1. The molecule has 0 radical (unpaired) electrons. The fourth-order valence-corrected chi connectivity index (χ4v) is 3.40. The summed E-state index contributed by atoms with van der Waals surface area (Å²) < 4.78 is 0. The van der Waals surface area contributed by atoms with Gasteiger partial charge in [0.2, 0.25) is 0 Å². The Morgan fingerprint density at radius 1 is 1.29 bits per heavy atom. The van der Waals surface area contributed by atoms with Gasteiger partial charge in [0, 0.05) is 17.0 Å². The Bertz CT molecular complexity index is 448. The highest BCUT2D eigenvalue weighted by Gasteiger charge is 2.19. The van der Waals surface area contributed by atoms with Crippen LogP contribution in [0.2, 0.25) is 0 Å². The Morgan fingerprint density at radius 3 is 2.65 bits per heavy atom. The highest BCUT2D eigenvalue weighted by molar-refractivity contribution is 7.11. The molecule has 1 unspecified atom stereocenters. The van der Waals surface area contributed by atoms with E-state index in [1.165, 1.54) is 5.69 Å². The molecule has 0 bridgehead atoms. The largest absolute Gasteiger partial charge is 0.303 e. The van der Waals surface area contributed by atoms with Gasteiger partial charge in [0.25, 0.3) is 0 Å². The van der Waals surface area contributed by atoms with E-state index in [1.807, 2.05) is 11.6 Å². The number of hydrogen-bond acceptors (Lipinski definition) is 5. The maximum absolute atomic E-state index is 4.71. The van der Waals surface area contributed by atoms with Crippen molar-refractivity contribution in [2.24, 2.45) is 0 Å². The lowest BCUT2D eigenvalue weighted by Gasteiger charge is -2.12. The highest BCUT2D eigenvalue weighted by atomic mass is 32.1. The molecule has 0 saturated heterocycles. The summed E-state index contributed by atoms with van der Waals surface area (Å²) in [7, 11) is 0. The van der Waals surface area contributed by atoms with Crippen molar-refractivity contribution in [3.8, 4) is 0 Å². The second-order valence-corrected chi connectivity index (χ2v) is 5.94. The van der Waals surface area contributed by atoms with E-state index >= 15 is 0 Å². The molecule has 1 N–H and O–H groups in total. The van der Waals surface area contributed by atoms with Crippen molar-refractivity contribution in [2.45, 2.75) is 32.7 Å². The van der Waals surface area contributed by atoms with Crippen LogP contribution in [0.15, 0.2) is 17.0 Å². The lowest BCUT2D eigenvalue weighted by atomic mass is 10.2. The first-order valence-electron chi connectivity index (χ1n) is 5.80. The smallest absolute Gasteiger partial charge is 0.117 e. The van der Waals surface area contributed by atoms with Crippen LogP contribution in [-0.4, -0.2) is 16.5 Å². The van der Waals surface area contributed by atoms with Crippen LogP contribution in [-0.2, 0) is 0 Å². The molecule has 0 aliphatic heterocycles. The third-order valence-corrected chi connectivity index (χ3v) is 4.25. The van der Waals surface area contributed by atoms with Gasteiger partial charge in [-0.1, -0.05) is 20.8 Å². The van der Waals surface area contributed by atoms with E-state index in [0.717, 1.165) is 16.6 Å². The molecular weight excluding hydrogens is 250 g/mol. The fourth-order valence-electron chi connectivity index (χ4n) is 1.56. The van der Waals surface area contributed by atoms with Crippen molar-refractivity contribution in [1.82, 2.24) is 15.3 Å². The summed E-state index contributed by atoms with van der Waals surface area (Å²) >= 11 is 3.39. The highest BCUT2D eigenvalue weighted by Crippen LogP contribution is 2.28. The monoisotopic (exact) mass is 267 g/mol. The van der Waals surface area contributed by atoms with Crippen LogP contribution in [0, 0.1) is 0 Å². The van der Waals surface area contributed by atoms with Crippen LogP contribution in [0.4, 0.5) is 0 Å². The van der Waals surface area contributed by atoms with Gasteiger partial charge in [-0.3, -0.25) is 0 Å². The second-order valence-electron chi connectivity index (χ2n) is 4.13. The van der Waals surface area contributed by atoms with E-state index < -0.39 is 0 Å². The first-order valence-corrected chi connectivity index (χ1v) is 7.56.